The topological polar surface area (TPSA) is 35.5 Å². The van der Waals surface area contributed by atoms with E-state index >= 15 is 0 Å². The Hall–Kier alpha value is -1.09. The number of carbonyl (C=O) groups is 1. The van der Waals surface area contributed by atoms with Crippen molar-refractivity contribution in [2.75, 3.05) is 19.8 Å². The largest absolute Gasteiger partial charge is 0.462 e. The Morgan fingerprint density at radius 3 is 2.29 bits per heavy atom. The zero-order chi connectivity index (χ0) is 18.0. The highest BCUT2D eigenvalue weighted by Gasteiger charge is 2.34. The molecule has 0 heterocycles. The molecule has 0 radical (unpaired) electrons. The van der Waals surface area contributed by atoms with E-state index in [0.717, 1.165) is 30.9 Å². The van der Waals surface area contributed by atoms with Gasteiger partial charge in [-0.25, -0.2) is 4.79 Å². The van der Waals surface area contributed by atoms with Crippen molar-refractivity contribution in [2.45, 2.75) is 72.1 Å². The molecule has 0 aromatic heterocycles. The minimum atomic E-state index is -0.275. The van der Waals surface area contributed by atoms with Crippen molar-refractivity contribution >= 4 is 5.97 Å². The highest BCUT2D eigenvalue weighted by atomic mass is 16.5. The second-order valence-electron chi connectivity index (χ2n) is 7.66. The minimum absolute atomic E-state index is 0.259. The van der Waals surface area contributed by atoms with Crippen LogP contribution in [0.5, 0.6) is 0 Å². The van der Waals surface area contributed by atoms with Crippen LogP contribution in [0.15, 0.2) is 24.3 Å². The molecule has 1 saturated carbocycles. The summed E-state index contributed by atoms with van der Waals surface area (Å²) in [4.78, 5) is 11.6. The van der Waals surface area contributed by atoms with Gasteiger partial charge in [-0.1, -0.05) is 38.5 Å². The number of hydrogen-bond donors (Lipinski definition) is 0. The van der Waals surface area contributed by atoms with Crippen LogP contribution >= 0.6 is 0 Å². The van der Waals surface area contributed by atoms with Gasteiger partial charge in [-0.05, 0) is 63.7 Å². The first kappa shape index (κ1) is 21.0. The van der Waals surface area contributed by atoms with Crippen LogP contribution in [0.3, 0.4) is 0 Å². The van der Waals surface area contributed by atoms with E-state index in [-0.39, 0.29) is 11.4 Å². The van der Waals surface area contributed by atoms with Crippen molar-refractivity contribution < 1.29 is 14.3 Å². The average Bonchev–Trinajstić information content (AvgIpc) is 2.54. The van der Waals surface area contributed by atoms with E-state index in [9.17, 15) is 4.79 Å². The van der Waals surface area contributed by atoms with Crippen molar-refractivity contribution in [3.8, 4) is 0 Å². The highest BCUT2D eigenvalue weighted by molar-refractivity contribution is 5.86. The number of ether oxygens (including phenoxy) is 2. The molecule has 24 heavy (non-hydrogen) atoms. The molecule has 0 amide bonds. The van der Waals surface area contributed by atoms with Gasteiger partial charge in [0, 0.05) is 12.2 Å². The summed E-state index contributed by atoms with van der Waals surface area (Å²) in [6.45, 7) is 15.4. The monoisotopic (exact) mass is 336 g/mol. The first-order chi connectivity index (χ1) is 11.4. The predicted molar refractivity (Wildman–Crippen MR) is 99.9 cm³/mol. The molecule has 1 fully saturated rings. The molecule has 0 spiro atoms. The SMILES string of the molecule is C=C(C)COCCC1(CCOC(=O)C(=C)C)CCC(CCC)CC1. The van der Waals surface area contributed by atoms with Crippen LogP contribution in [0.4, 0.5) is 0 Å². The van der Waals surface area contributed by atoms with E-state index in [1.807, 2.05) is 6.92 Å². The fourth-order valence-electron chi connectivity index (χ4n) is 3.63. The summed E-state index contributed by atoms with van der Waals surface area (Å²) in [5.41, 5.74) is 1.79. The van der Waals surface area contributed by atoms with Crippen LogP contribution in [-0.4, -0.2) is 25.8 Å². The zero-order valence-electron chi connectivity index (χ0n) is 16.0. The molecule has 1 aliphatic carbocycles. The molecule has 0 N–H and O–H groups in total. The van der Waals surface area contributed by atoms with E-state index in [2.05, 4.69) is 20.1 Å². The van der Waals surface area contributed by atoms with Gasteiger partial charge in [0.1, 0.15) is 0 Å². The van der Waals surface area contributed by atoms with Gasteiger partial charge in [0.25, 0.3) is 0 Å². The lowest BCUT2D eigenvalue weighted by Crippen LogP contribution is -2.31. The molecule has 0 bridgehead atoms. The van der Waals surface area contributed by atoms with E-state index in [0.29, 0.717) is 18.8 Å². The molecule has 0 aromatic carbocycles. The molecule has 0 unspecified atom stereocenters. The van der Waals surface area contributed by atoms with Gasteiger partial charge < -0.3 is 9.47 Å². The fourth-order valence-corrected chi connectivity index (χ4v) is 3.63. The number of rotatable bonds is 11. The first-order valence-corrected chi connectivity index (χ1v) is 9.43. The van der Waals surface area contributed by atoms with Crippen molar-refractivity contribution in [2.24, 2.45) is 11.3 Å². The number of hydrogen-bond acceptors (Lipinski definition) is 3. The average molecular weight is 337 g/mol. The molecule has 0 aliphatic heterocycles. The molecule has 3 nitrogen and oxygen atoms in total. The smallest absolute Gasteiger partial charge is 0.333 e. The van der Waals surface area contributed by atoms with Crippen LogP contribution in [0, 0.1) is 11.3 Å². The maximum absolute atomic E-state index is 11.6. The Labute approximate surface area is 148 Å². The molecule has 0 aromatic rings. The van der Waals surface area contributed by atoms with Crippen LogP contribution in [-0.2, 0) is 14.3 Å². The highest BCUT2D eigenvalue weighted by Crippen LogP contribution is 2.45. The standard InChI is InChI=1S/C21H36O3/c1-6-7-19-8-10-21(11-9-19,12-14-23-16-17(2)3)13-15-24-20(22)18(4)5/h19H,2,4,6-16H2,1,3,5H3. The second-order valence-corrected chi connectivity index (χ2v) is 7.66. The van der Waals surface area contributed by atoms with Gasteiger partial charge in [0.05, 0.1) is 13.2 Å². The van der Waals surface area contributed by atoms with Crippen molar-refractivity contribution in [3.05, 3.63) is 24.3 Å². The lowest BCUT2D eigenvalue weighted by Gasteiger charge is -2.40. The van der Waals surface area contributed by atoms with E-state index in [1.54, 1.807) is 6.92 Å². The third-order valence-corrected chi connectivity index (χ3v) is 5.20. The number of esters is 1. The molecular formula is C21H36O3. The molecular weight excluding hydrogens is 300 g/mol. The molecule has 0 atom stereocenters. The second kappa shape index (κ2) is 10.7. The molecule has 1 aliphatic rings. The van der Waals surface area contributed by atoms with E-state index in [1.165, 1.54) is 38.5 Å². The zero-order valence-corrected chi connectivity index (χ0v) is 16.0. The summed E-state index contributed by atoms with van der Waals surface area (Å²) in [5.74, 6) is 0.598. The van der Waals surface area contributed by atoms with E-state index in [4.69, 9.17) is 9.47 Å². The lowest BCUT2D eigenvalue weighted by molar-refractivity contribution is -0.140. The van der Waals surface area contributed by atoms with Crippen LogP contribution < -0.4 is 0 Å². The molecule has 1 rings (SSSR count). The maximum atomic E-state index is 11.6. The van der Waals surface area contributed by atoms with Crippen LogP contribution in [0.2, 0.25) is 0 Å². The van der Waals surface area contributed by atoms with Gasteiger partial charge in [-0.15, -0.1) is 0 Å². The Morgan fingerprint density at radius 1 is 1.12 bits per heavy atom. The first-order valence-electron chi connectivity index (χ1n) is 9.43. The van der Waals surface area contributed by atoms with Crippen molar-refractivity contribution in [1.29, 1.82) is 0 Å². The quantitative estimate of drug-likeness (QED) is 0.218. The Balaban J connectivity index is 2.51. The summed E-state index contributed by atoms with van der Waals surface area (Å²) in [7, 11) is 0. The van der Waals surface area contributed by atoms with Gasteiger partial charge in [0.15, 0.2) is 0 Å². The summed E-state index contributed by atoms with van der Waals surface area (Å²) in [5, 5.41) is 0. The molecule has 3 heteroatoms. The number of carbonyl (C=O) groups excluding carboxylic acids is 1. The summed E-state index contributed by atoms with van der Waals surface area (Å²) >= 11 is 0. The van der Waals surface area contributed by atoms with Crippen LogP contribution in [0.25, 0.3) is 0 Å². The summed E-state index contributed by atoms with van der Waals surface area (Å²) in [6.07, 6.45) is 9.62. The summed E-state index contributed by atoms with van der Waals surface area (Å²) < 4.78 is 11.1. The third kappa shape index (κ3) is 7.65. The van der Waals surface area contributed by atoms with Gasteiger partial charge >= 0.3 is 5.97 Å². The Morgan fingerprint density at radius 2 is 1.75 bits per heavy atom. The lowest BCUT2D eigenvalue weighted by atomic mass is 9.66. The Kier molecular flexibility index (Phi) is 9.35. The van der Waals surface area contributed by atoms with Gasteiger partial charge in [-0.2, -0.15) is 0 Å². The predicted octanol–water partition coefficient (Wildman–Crippen LogP) is 5.46. The minimum Gasteiger partial charge on any atom is -0.462 e. The normalized spacial score (nSPS) is 23.7. The molecule has 138 valence electrons. The van der Waals surface area contributed by atoms with Crippen LogP contribution in [0.1, 0.15) is 72.1 Å². The van der Waals surface area contributed by atoms with Crippen molar-refractivity contribution in [1.82, 2.24) is 0 Å². The van der Waals surface area contributed by atoms with E-state index < -0.39 is 0 Å². The maximum Gasteiger partial charge on any atom is 0.333 e. The summed E-state index contributed by atoms with van der Waals surface area (Å²) in [6, 6.07) is 0. The van der Waals surface area contributed by atoms with Crippen molar-refractivity contribution in [3.63, 3.8) is 0 Å². The fraction of sp³-hybridized carbons (Fsp3) is 0.762. The molecule has 0 saturated heterocycles. The van der Waals surface area contributed by atoms with Gasteiger partial charge in [-0.3, -0.25) is 0 Å². The Bertz CT molecular complexity index is 417. The third-order valence-electron chi connectivity index (χ3n) is 5.20. The van der Waals surface area contributed by atoms with Gasteiger partial charge in [0.2, 0.25) is 0 Å².